The fraction of sp³-hybridized carbons (Fsp3) is 0.615. The van der Waals surface area contributed by atoms with Gasteiger partial charge >= 0.3 is 0 Å². The molecule has 1 saturated heterocycles. The molecule has 2 heterocycles. The number of anilines is 1. The predicted octanol–water partition coefficient (Wildman–Crippen LogP) is 1.83. The first-order valence-electron chi connectivity index (χ1n) is 6.20. The summed E-state index contributed by atoms with van der Waals surface area (Å²) in [4.78, 5) is 6.89. The molecule has 0 amide bonds. The molecule has 0 radical (unpaired) electrons. The van der Waals surface area contributed by atoms with Crippen molar-refractivity contribution in [3.05, 3.63) is 24.0 Å². The zero-order valence-electron chi connectivity index (χ0n) is 10.2. The lowest BCUT2D eigenvalue weighted by Crippen LogP contribution is -2.41. The molecule has 1 N–H and O–H groups in total. The van der Waals surface area contributed by atoms with E-state index in [2.05, 4.69) is 41.3 Å². The van der Waals surface area contributed by atoms with E-state index in [9.17, 15) is 0 Å². The first kappa shape index (κ1) is 11.4. The summed E-state index contributed by atoms with van der Waals surface area (Å²) in [5.74, 6) is 0. The Balaban J connectivity index is 1.97. The molecule has 0 aliphatic carbocycles. The molecule has 0 bridgehead atoms. The molecule has 16 heavy (non-hydrogen) atoms. The quantitative estimate of drug-likeness (QED) is 0.840. The molecule has 0 saturated carbocycles. The summed E-state index contributed by atoms with van der Waals surface area (Å²) in [5, 5.41) is 3.35. The second kappa shape index (κ2) is 5.30. The van der Waals surface area contributed by atoms with Gasteiger partial charge in [0.05, 0.1) is 11.9 Å². The fourth-order valence-electron chi connectivity index (χ4n) is 2.24. The maximum Gasteiger partial charge on any atom is 0.0552 e. The van der Waals surface area contributed by atoms with Crippen LogP contribution < -0.4 is 10.2 Å². The first-order chi connectivity index (χ1) is 7.83. The SMILES string of the molecule is CCc1ccc(N2CCC(NC)CC2)cn1. The van der Waals surface area contributed by atoms with Gasteiger partial charge in [0.25, 0.3) is 0 Å². The molecule has 2 rings (SSSR count). The number of hydrogen-bond donors (Lipinski definition) is 1. The van der Waals surface area contributed by atoms with Crippen LogP contribution in [0.25, 0.3) is 0 Å². The lowest BCUT2D eigenvalue weighted by Gasteiger charge is -2.33. The lowest BCUT2D eigenvalue weighted by molar-refractivity contribution is 0.442. The molecule has 1 aromatic rings. The van der Waals surface area contributed by atoms with Gasteiger partial charge in [-0.15, -0.1) is 0 Å². The number of rotatable bonds is 3. The molecule has 0 atom stereocenters. The third kappa shape index (κ3) is 2.53. The van der Waals surface area contributed by atoms with Crippen LogP contribution in [0.15, 0.2) is 18.3 Å². The molecule has 1 fully saturated rings. The highest BCUT2D eigenvalue weighted by molar-refractivity contribution is 5.45. The Morgan fingerprint density at radius 3 is 2.62 bits per heavy atom. The summed E-state index contributed by atoms with van der Waals surface area (Å²) in [6, 6.07) is 5.03. The van der Waals surface area contributed by atoms with Crippen molar-refractivity contribution in [1.29, 1.82) is 0 Å². The van der Waals surface area contributed by atoms with Crippen LogP contribution in [0.5, 0.6) is 0 Å². The highest BCUT2D eigenvalue weighted by Crippen LogP contribution is 2.19. The fourth-order valence-corrected chi connectivity index (χ4v) is 2.24. The van der Waals surface area contributed by atoms with Crippen molar-refractivity contribution >= 4 is 5.69 Å². The number of pyridine rings is 1. The number of nitrogens with one attached hydrogen (secondary N) is 1. The Morgan fingerprint density at radius 1 is 1.38 bits per heavy atom. The van der Waals surface area contributed by atoms with Gasteiger partial charge in [-0.3, -0.25) is 4.98 Å². The molecule has 0 unspecified atom stereocenters. The largest absolute Gasteiger partial charge is 0.370 e. The number of nitrogens with zero attached hydrogens (tertiary/aromatic N) is 2. The second-order valence-electron chi connectivity index (χ2n) is 4.41. The van der Waals surface area contributed by atoms with Gasteiger partial charge in [0, 0.05) is 24.8 Å². The van der Waals surface area contributed by atoms with Crippen molar-refractivity contribution in [1.82, 2.24) is 10.3 Å². The van der Waals surface area contributed by atoms with Crippen LogP contribution in [-0.2, 0) is 6.42 Å². The zero-order chi connectivity index (χ0) is 11.4. The average molecular weight is 219 g/mol. The van der Waals surface area contributed by atoms with Crippen LogP contribution in [0.3, 0.4) is 0 Å². The lowest BCUT2D eigenvalue weighted by atomic mass is 10.0. The normalized spacial score (nSPS) is 17.8. The number of hydrogen-bond acceptors (Lipinski definition) is 3. The predicted molar refractivity (Wildman–Crippen MR) is 67.9 cm³/mol. The molecule has 1 aliphatic rings. The molecule has 3 heteroatoms. The Hall–Kier alpha value is -1.09. The molecule has 0 aromatic carbocycles. The molecule has 3 nitrogen and oxygen atoms in total. The van der Waals surface area contributed by atoms with Gasteiger partial charge < -0.3 is 10.2 Å². The summed E-state index contributed by atoms with van der Waals surface area (Å²) in [5.41, 5.74) is 2.45. The minimum absolute atomic E-state index is 0.694. The topological polar surface area (TPSA) is 28.2 Å². The van der Waals surface area contributed by atoms with Crippen LogP contribution in [0, 0.1) is 0 Å². The van der Waals surface area contributed by atoms with Crippen molar-refractivity contribution in [3.8, 4) is 0 Å². The Kier molecular flexibility index (Phi) is 3.78. The standard InChI is InChI=1S/C13H21N3/c1-3-11-4-5-13(10-15-11)16-8-6-12(14-2)7-9-16/h4-5,10,12,14H,3,6-9H2,1-2H3. The monoisotopic (exact) mass is 219 g/mol. The molecule has 88 valence electrons. The summed E-state index contributed by atoms with van der Waals surface area (Å²) in [6.07, 6.45) is 5.48. The van der Waals surface area contributed by atoms with Crippen molar-refractivity contribution in [3.63, 3.8) is 0 Å². The minimum Gasteiger partial charge on any atom is -0.370 e. The van der Waals surface area contributed by atoms with Crippen LogP contribution in [-0.4, -0.2) is 31.2 Å². The molecular formula is C13H21N3. The van der Waals surface area contributed by atoms with E-state index in [1.54, 1.807) is 0 Å². The second-order valence-corrected chi connectivity index (χ2v) is 4.41. The Labute approximate surface area is 97.9 Å². The van der Waals surface area contributed by atoms with Gasteiger partial charge in [0.15, 0.2) is 0 Å². The van der Waals surface area contributed by atoms with Crippen molar-refractivity contribution in [2.75, 3.05) is 25.0 Å². The van der Waals surface area contributed by atoms with Gasteiger partial charge in [-0.2, -0.15) is 0 Å². The highest BCUT2D eigenvalue weighted by atomic mass is 15.1. The molecular weight excluding hydrogens is 198 g/mol. The van der Waals surface area contributed by atoms with Crippen LogP contribution >= 0.6 is 0 Å². The maximum absolute atomic E-state index is 4.45. The third-order valence-corrected chi connectivity index (χ3v) is 3.44. The Bertz CT molecular complexity index is 312. The number of aryl methyl sites for hydroxylation is 1. The smallest absolute Gasteiger partial charge is 0.0552 e. The average Bonchev–Trinajstić information content (AvgIpc) is 2.39. The van der Waals surface area contributed by atoms with Gasteiger partial charge in [0.2, 0.25) is 0 Å². The van der Waals surface area contributed by atoms with E-state index in [4.69, 9.17) is 0 Å². The van der Waals surface area contributed by atoms with Gasteiger partial charge in [0.1, 0.15) is 0 Å². The molecule has 1 aromatic heterocycles. The van der Waals surface area contributed by atoms with Gasteiger partial charge in [-0.1, -0.05) is 6.92 Å². The molecule has 0 spiro atoms. The van der Waals surface area contributed by atoms with E-state index in [0.29, 0.717) is 6.04 Å². The Morgan fingerprint density at radius 2 is 2.12 bits per heavy atom. The van der Waals surface area contributed by atoms with E-state index in [-0.39, 0.29) is 0 Å². The molecule has 1 aliphatic heterocycles. The van der Waals surface area contributed by atoms with Crippen molar-refractivity contribution < 1.29 is 0 Å². The maximum atomic E-state index is 4.45. The zero-order valence-corrected chi connectivity index (χ0v) is 10.2. The number of aromatic nitrogens is 1. The van der Waals surface area contributed by atoms with E-state index in [0.717, 1.165) is 19.5 Å². The van der Waals surface area contributed by atoms with Crippen molar-refractivity contribution in [2.45, 2.75) is 32.2 Å². The van der Waals surface area contributed by atoms with Crippen LogP contribution in [0.2, 0.25) is 0 Å². The first-order valence-corrected chi connectivity index (χ1v) is 6.20. The van der Waals surface area contributed by atoms with E-state index >= 15 is 0 Å². The van der Waals surface area contributed by atoms with Crippen LogP contribution in [0.1, 0.15) is 25.5 Å². The van der Waals surface area contributed by atoms with Gasteiger partial charge in [-0.25, -0.2) is 0 Å². The highest BCUT2D eigenvalue weighted by Gasteiger charge is 2.17. The summed E-state index contributed by atoms with van der Waals surface area (Å²) in [6.45, 7) is 4.41. The van der Waals surface area contributed by atoms with Gasteiger partial charge in [-0.05, 0) is 38.4 Å². The van der Waals surface area contributed by atoms with E-state index < -0.39 is 0 Å². The van der Waals surface area contributed by atoms with E-state index in [1.165, 1.54) is 24.2 Å². The summed E-state index contributed by atoms with van der Waals surface area (Å²) >= 11 is 0. The van der Waals surface area contributed by atoms with Crippen molar-refractivity contribution in [2.24, 2.45) is 0 Å². The van der Waals surface area contributed by atoms with E-state index in [1.807, 2.05) is 6.20 Å². The third-order valence-electron chi connectivity index (χ3n) is 3.44. The minimum atomic E-state index is 0.694. The summed E-state index contributed by atoms with van der Waals surface area (Å²) < 4.78 is 0. The summed E-state index contributed by atoms with van der Waals surface area (Å²) in [7, 11) is 2.05. The van der Waals surface area contributed by atoms with Crippen LogP contribution in [0.4, 0.5) is 5.69 Å². The number of piperidine rings is 1.